The number of fused-ring (bicyclic) bond motifs is 1. The highest BCUT2D eigenvalue weighted by Crippen LogP contribution is 2.50. The third kappa shape index (κ3) is 3.94. The highest BCUT2D eigenvalue weighted by Gasteiger charge is 2.41. The third-order valence-electron chi connectivity index (χ3n) is 5.23. The second kappa shape index (κ2) is 8.58. The first-order valence-corrected chi connectivity index (χ1v) is 11.2. The summed E-state index contributed by atoms with van der Waals surface area (Å²) in [6.07, 6.45) is 6.00. The zero-order valence-corrected chi connectivity index (χ0v) is 18.8. The minimum absolute atomic E-state index is 0.108. The first-order chi connectivity index (χ1) is 12.9. The van der Waals surface area contributed by atoms with Crippen molar-refractivity contribution in [3.63, 3.8) is 0 Å². The number of halogens is 2. The molecule has 0 bridgehead atoms. The first-order valence-electron chi connectivity index (χ1n) is 9.15. The van der Waals surface area contributed by atoms with Gasteiger partial charge in [-0.15, -0.1) is 11.8 Å². The summed E-state index contributed by atoms with van der Waals surface area (Å²) < 4.78 is 5.86. The van der Waals surface area contributed by atoms with Gasteiger partial charge in [-0.2, -0.15) is 0 Å². The van der Waals surface area contributed by atoms with Crippen LogP contribution in [0.3, 0.4) is 0 Å². The molecule has 1 aliphatic heterocycles. The number of esters is 1. The lowest BCUT2D eigenvalue weighted by molar-refractivity contribution is -0.139. The Kier molecular flexibility index (Phi) is 6.59. The minimum Gasteiger partial charge on any atom is -0.506 e. The molecule has 0 radical (unpaired) electrons. The molecule has 0 amide bonds. The molecule has 1 N–H and O–H groups in total. The summed E-state index contributed by atoms with van der Waals surface area (Å²) in [7, 11) is 0. The Labute approximate surface area is 177 Å². The SMILES string of the molecule is CCOC(=O)C1=C(N=Cc2c(C)c(Cl)c(C)c(Br)c2O)SC2CCCCC12. The smallest absolute Gasteiger partial charge is 0.337 e. The molecule has 1 aromatic carbocycles. The normalized spacial score (nSPS) is 22.4. The number of rotatable bonds is 4. The molecule has 2 aliphatic rings. The number of ether oxygens (including phenoxy) is 1. The van der Waals surface area contributed by atoms with Gasteiger partial charge in [-0.1, -0.05) is 24.4 Å². The van der Waals surface area contributed by atoms with E-state index in [2.05, 4.69) is 20.9 Å². The van der Waals surface area contributed by atoms with Crippen molar-refractivity contribution in [1.29, 1.82) is 0 Å². The van der Waals surface area contributed by atoms with E-state index in [9.17, 15) is 9.90 Å². The average Bonchev–Trinajstić information content (AvgIpc) is 3.03. The average molecular weight is 473 g/mol. The van der Waals surface area contributed by atoms with Crippen LogP contribution in [-0.2, 0) is 9.53 Å². The number of phenolic OH excluding ortho intramolecular Hbond substituents is 1. The molecule has 27 heavy (non-hydrogen) atoms. The van der Waals surface area contributed by atoms with Crippen molar-refractivity contribution in [3.8, 4) is 5.75 Å². The summed E-state index contributed by atoms with van der Waals surface area (Å²) in [5, 5.41) is 12.2. The molecule has 7 heteroatoms. The van der Waals surface area contributed by atoms with Crippen LogP contribution in [0.2, 0.25) is 5.02 Å². The van der Waals surface area contributed by atoms with Crippen LogP contribution in [0.4, 0.5) is 0 Å². The van der Waals surface area contributed by atoms with Crippen LogP contribution in [0.1, 0.15) is 49.3 Å². The minimum atomic E-state index is -0.268. The van der Waals surface area contributed by atoms with Gasteiger partial charge in [0.25, 0.3) is 0 Å². The highest BCUT2D eigenvalue weighted by molar-refractivity contribution is 9.10. The standard InChI is InChI=1S/C20H23BrClNO3S/c1-4-26-20(25)15-12-7-5-6-8-14(12)27-19(15)23-9-13-10(2)17(22)11(3)16(21)18(13)24/h9,12,14,24H,4-8H2,1-3H3. The fourth-order valence-electron chi connectivity index (χ4n) is 3.73. The molecule has 146 valence electrons. The maximum absolute atomic E-state index is 12.6. The molecule has 1 aromatic rings. The van der Waals surface area contributed by atoms with E-state index in [4.69, 9.17) is 16.3 Å². The van der Waals surface area contributed by atoms with Gasteiger partial charge in [0.05, 0.1) is 16.7 Å². The lowest BCUT2D eigenvalue weighted by atomic mass is 9.84. The molecule has 2 atom stereocenters. The van der Waals surface area contributed by atoms with Gasteiger partial charge in [-0.3, -0.25) is 0 Å². The van der Waals surface area contributed by atoms with E-state index >= 15 is 0 Å². The van der Waals surface area contributed by atoms with E-state index in [1.54, 1.807) is 18.0 Å². The molecule has 1 aliphatic carbocycles. The molecule has 0 aromatic heterocycles. The molecule has 3 rings (SSSR count). The summed E-state index contributed by atoms with van der Waals surface area (Å²) >= 11 is 11.4. The zero-order valence-electron chi connectivity index (χ0n) is 15.6. The van der Waals surface area contributed by atoms with Gasteiger partial charge in [-0.05, 0) is 60.7 Å². The largest absolute Gasteiger partial charge is 0.506 e. The quantitative estimate of drug-likeness (QED) is 0.436. The summed E-state index contributed by atoms with van der Waals surface area (Å²) in [6.45, 7) is 5.86. The maximum atomic E-state index is 12.6. The summed E-state index contributed by atoms with van der Waals surface area (Å²) in [5.41, 5.74) is 2.80. The maximum Gasteiger partial charge on any atom is 0.337 e. The number of benzene rings is 1. The van der Waals surface area contributed by atoms with E-state index in [0.29, 0.717) is 37.5 Å². The van der Waals surface area contributed by atoms with Gasteiger partial charge >= 0.3 is 5.97 Å². The number of carbonyl (C=O) groups is 1. The van der Waals surface area contributed by atoms with Gasteiger partial charge in [0.2, 0.25) is 0 Å². The number of aliphatic imine (C=N–C) groups is 1. The van der Waals surface area contributed by atoms with Crippen LogP contribution >= 0.6 is 39.3 Å². The van der Waals surface area contributed by atoms with E-state index in [-0.39, 0.29) is 17.6 Å². The molecular weight excluding hydrogens is 450 g/mol. The number of aromatic hydroxyl groups is 1. The van der Waals surface area contributed by atoms with Gasteiger partial charge in [0.1, 0.15) is 10.8 Å². The Morgan fingerprint density at radius 3 is 2.78 bits per heavy atom. The second-order valence-corrected chi connectivity index (χ2v) is 9.28. The van der Waals surface area contributed by atoms with Gasteiger partial charge in [-0.25, -0.2) is 9.79 Å². The molecule has 0 spiro atoms. The Hall–Kier alpha value is -0.980. The Balaban J connectivity index is 2.01. The molecular formula is C20H23BrClNO3S. The van der Waals surface area contributed by atoms with Crippen molar-refractivity contribution >= 4 is 51.5 Å². The molecule has 0 saturated heterocycles. The highest BCUT2D eigenvalue weighted by atomic mass is 79.9. The molecule has 1 saturated carbocycles. The van der Waals surface area contributed by atoms with Crippen LogP contribution in [0.25, 0.3) is 0 Å². The van der Waals surface area contributed by atoms with Gasteiger partial charge in [0, 0.05) is 28.0 Å². The van der Waals surface area contributed by atoms with Gasteiger partial charge < -0.3 is 9.84 Å². The van der Waals surface area contributed by atoms with Crippen LogP contribution < -0.4 is 0 Å². The van der Waals surface area contributed by atoms with Gasteiger partial charge in [0.15, 0.2) is 0 Å². The van der Waals surface area contributed by atoms with Crippen LogP contribution in [0.5, 0.6) is 5.75 Å². The molecule has 4 nitrogen and oxygen atoms in total. The second-order valence-electron chi connectivity index (χ2n) is 6.88. The topological polar surface area (TPSA) is 58.9 Å². The molecule has 2 unspecified atom stereocenters. The number of hydrogen-bond donors (Lipinski definition) is 1. The fourth-order valence-corrected chi connectivity index (χ4v) is 5.94. The summed E-state index contributed by atoms with van der Waals surface area (Å²) in [4.78, 5) is 17.2. The lowest BCUT2D eigenvalue weighted by Crippen LogP contribution is -2.24. The van der Waals surface area contributed by atoms with E-state index in [0.717, 1.165) is 30.4 Å². The lowest BCUT2D eigenvalue weighted by Gasteiger charge is -2.25. The Bertz CT molecular complexity index is 808. The van der Waals surface area contributed by atoms with Crippen molar-refractivity contribution in [2.45, 2.75) is 51.7 Å². The fraction of sp³-hybridized carbons (Fsp3) is 0.500. The van der Waals surface area contributed by atoms with E-state index in [1.165, 1.54) is 6.42 Å². The predicted octanol–water partition coefficient (Wildman–Crippen LogP) is 5.92. The van der Waals surface area contributed by atoms with Crippen molar-refractivity contribution in [2.75, 3.05) is 6.61 Å². The number of thioether (sulfide) groups is 1. The zero-order chi connectivity index (χ0) is 19.7. The third-order valence-corrected chi connectivity index (χ3v) is 8.18. The van der Waals surface area contributed by atoms with Crippen molar-refractivity contribution in [3.05, 3.63) is 36.8 Å². The Morgan fingerprint density at radius 1 is 1.37 bits per heavy atom. The van der Waals surface area contributed by atoms with Crippen LogP contribution in [0.15, 0.2) is 20.1 Å². The number of hydrogen-bond acceptors (Lipinski definition) is 5. The summed E-state index contributed by atoms with van der Waals surface area (Å²) in [5.74, 6) is 0.0467. The van der Waals surface area contributed by atoms with Crippen molar-refractivity contribution < 1.29 is 14.6 Å². The number of phenols is 1. The molecule has 1 heterocycles. The monoisotopic (exact) mass is 471 g/mol. The molecule has 1 fully saturated rings. The summed E-state index contributed by atoms with van der Waals surface area (Å²) in [6, 6.07) is 0. The van der Waals surface area contributed by atoms with Crippen LogP contribution in [0, 0.1) is 19.8 Å². The predicted molar refractivity (Wildman–Crippen MR) is 115 cm³/mol. The number of carbonyl (C=O) groups excluding carboxylic acids is 1. The van der Waals surface area contributed by atoms with Crippen LogP contribution in [-0.4, -0.2) is 29.1 Å². The van der Waals surface area contributed by atoms with E-state index in [1.807, 2.05) is 20.8 Å². The van der Waals surface area contributed by atoms with E-state index < -0.39 is 0 Å². The number of nitrogens with zero attached hydrogens (tertiary/aromatic N) is 1. The van der Waals surface area contributed by atoms with Crippen molar-refractivity contribution in [2.24, 2.45) is 10.9 Å². The van der Waals surface area contributed by atoms with Crippen molar-refractivity contribution in [1.82, 2.24) is 0 Å². The first kappa shape index (κ1) is 20.7. The Morgan fingerprint density at radius 2 is 2.07 bits per heavy atom.